The molecule has 122 valence electrons. The second kappa shape index (κ2) is 6.69. The maximum absolute atomic E-state index is 12.6. The van der Waals surface area contributed by atoms with Gasteiger partial charge in [-0.2, -0.15) is 0 Å². The Kier molecular flexibility index (Phi) is 5.12. The quantitative estimate of drug-likeness (QED) is 0.930. The van der Waals surface area contributed by atoms with Gasteiger partial charge in [0.25, 0.3) is 5.91 Å². The lowest BCUT2D eigenvalue weighted by molar-refractivity contribution is 0.0801. The molecular weight excluding hydrogens is 276 g/mol. The van der Waals surface area contributed by atoms with E-state index in [0.29, 0.717) is 11.6 Å². The number of nitrogens with zero attached hydrogens (tertiary/aromatic N) is 1. The molecule has 1 saturated heterocycles. The van der Waals surface area contributed by atoms with Gasteiger partial charge in [0.15, 0.2) is 0 Å². The summed E-state index contributed by atoms with van der Waals surface area (Å²) in [5, 5.41) is 3.24. The van der Waals surface area contributed by atoms with Crippen LogP contribution in [0.1, 0.15) is 49.5 Å². The van der Waals surface area contributed by atoms with Crippen molar-refractivity contribution in [2.75, 3.05) is 20.2 Å². The first-order valence-electron chi connectivity index (χ1n) is 8.06. The highest BCUT2D eigenvalue weighted by atomic mass is 16.5. The molecule has 0 aromatic heterocycles. The van der Waals surface area contributed by atoms with Crippen LogP contribution in [0.5, 0.6) is 5.75 Å². The Balaban J connectivity index is 2.06. The van der Waals surface area contributed by atoms with Crippen LogP contribution >= 0.6 is 0 Å². The average molecular weight is 304 g/mol. The number of aryl methyl sites for hydroxylation is 1. The van der Waals surface area contributed by atoms with Gasteiger partial charge >= 0.3 is 0 Å². The third kappa shape index (κ3) is 3.80. The van der Waals surface area contributed by atoms with Crippen molar-refractivity contribution in [3.05, 3.63) is 29.3 Å². The van der Waals surface area contributed by atoms with Gasteiger partial charge in [-0.25, -0.2) is 0 Å². The molecule has 1 aromatic rings. The number of hydrogen-bond acceptors (Lipinski definition) is 3. The van der Waals surface area contributed by atoms with Crippen molar-refractivity contribution in [1.29, 1.82) is 0 Å². The van der Waals surface area contributed by atoms with E-state index in [2.05, 4.69) is 31.0 Å². The zero-order valence-electron chi connectivity index (χ0n) is 14.4. The minimum atomic E-state index is -0.127. The van der Waals surface area contributed by atoms with E-state index in [1.165, 1.54) is 0 Å². The molecule has 1 aliphatic rings. The second-order valence-corrected chi connectivity index (χ2v) is 6.83. The molecule has 1 N–H and O–H groups in total. The monoisotopic (exact) mass is 304 g/mol. The number of piperidine rings is 1. The summed E-state index contributed by atoms with van der Waals surface area (Å²) in [6.07, 6.45) is 1.97. The largest absolute Gasteiger partial charge is 0.497 e. The molecule has 0 aliphatic carbocycles. The molecule has 0 bridgehead atoms. The number of hydrogen-bond donors (Lipinski definition) is 1. The van der Waals surface area contributed by atoms with Gasteiger partial charge in [0.05, 0.1) is 7.11 Å². The van der Waals surface area contributed by atoms with Gasteiger partial charge in [0.2, 0.25) is 0 Å². The first-order valence-corrected chi connectivity index (χ1v) is 8.06. The summed E-state index contributed by atoms with van der Waals surface area (Å²) in [5.41, 5.74) is 1.55. The number of methoxy groups -OCH3 is 1. The van der Waals surface area contributed by atoms with Crippen LogP contribution in [0, 0.1) is 6.92 Å². The number of carbonyl (C=O) groups is 1. The predicted molar refractivity (Wildman–Crippen MR) is 89.5 cm³/mol. The molecule has 2 rings (SSSR count). The van der Waals surface area contributed by atoms with Crippen molar-refractivity contribution >= 4 is 5.91 Å². The fraction of sp³-hybridized carbons (Fsp3) is 0.611. The van der Waals surface area contributed by atoms with Crippen molar-refractivity contribution in [3.63, 3.8) is 0 Å². The SMILES string of the molecule is COc1ccc(C)c(C(=O)NC2(C)CCN(C(C)C)CC2)c1. The lowest BCUT2D eigenvalue weighted by Crippen LogP contribution is -2.54. The summed E-state index contributed by atoms with van der Waals surface area (Å²) in [7, 11) is 1.62. The third-order valence-electron chi connectivity index (χ3n) is 4.74. The fourth-order valence-corrected chi connectivity index (χ4v) is 2.97. The topological polar surface area (TPSA) is 41.6 Å². The highest BCUT2D eigenvalue weighted by molar-refractivity contribution is 5.96. The number of rotatable bonds is 4. The van der Waals surface area contributed by atoms with Crippen LogP contribution in [0.25, 0.3) is 0 Å². The summed E-state index contributed by atoms with van der Waals surface area (Å²) in [6, 6.07) is 6.20. The third-order valence-corrected chi connectivity index (χ3v) is 4.74. The molecule has 0 saturated carbocycles. The molecule has 1 fully saturated rings. The Bertz CT molecular complexity index is 532. The number of benzene rings is 1. The van der Waals surface area contributed by atoms with Gasteiger partial charge in [-0.3, -0.25) is 4.79 Å². The van der Waals surface area contributed by atoms with Gasteiger partial charge in [-0.05, 0) is 58.2 Å². The van der Waals surface area contributed by atoms with E-state index in [1.807, 2.05) is 25.1 Å². The second-order valence-electron chi connectivity index (χ2n) is 6.83. The van der Waals surface area contributed by atoms with Crippen molar-refractivity contribution in [3.8, 4) is 5.75 Å². The van der Waals surface area contributed by atoms with Crippen LogP contribution in [-0.4, -0.2) is 42.6 Å². The van der Waals surface area contributed by atoms with Crippen LogP contribution in [0.2, 0.25) is 0 Å². The molecule has 0 spiro atoms. The first kappa shape index (κ1) is 16.8. The van der Waals surface area contributed by atoms with Gasteiger partial charge < -0.3 is 15.0 Å². The normalized spacial score (nSPS) is 18.3. The molecular formula is C18H28N2O2. The number of likely N-dealkylation sites (tertiary alicyclic amines) is 1. The van der Waals surface area contributed by atoms with Crippen molar-refractivity contribution in [2.24, 2.45) is 0 Å². The zero-order valence-corrected chi connectivity index (χ0v) is 14.4. The average Bonchev–Trinajstić information content (AvgIpc) is 2.47. The van der Waals surface area contributed by atoms with E-state index < -0.39 is 0 Å². The van der Waals surface area contributed by atoms with Crippen LogP contribution in [-0.2, 0) is 0 Å². The fourth-order valence-electron chi connectivity index (χ4n) is 2.97. The number of nitrogens with one attached hydrogen (secondary N) is 1. The predicted octanol–water partition coefficient (Wildman–Crippen LogP) is 3.00. The Morgan fingerprint density at radius 3 is 2.50 bits per heavy atom. The smallest absolute Gasteiger partial charge is 0.252 e. The maximum atomic E-state index is 12.6. The number of carbonyl (C=O) groups excluding carboxylic acids is 1. The Labute approximate surface area is 133 Å². The highest BCUT2D eigenvalue weighted by Crippen LogP contribution is 2.24. The minimum Gasteiger partial charge on any atom is -0.497 e. The van der Waals surface area contributed by atoms with E-state index >= 15 is 0 Å². The molecule has 0 radical (unpaired) electrons. The lowest BCUT2D eigenvalue weighted by Gasteiger charge is -2.41. The van der Waals surface area contributed by atoms with E-state index in [4.69, 9.17) is 4.74 Å². The first-order chi connectivity index (χ1) is 10.3. The molecule has 4 nitrogen and oxygen atoms in total. The Morgan fingerprint density at radius 2 is 1.95 bits per heavy atom. The van der Waals surface area contributed by atoms with Crippen LogP contribution in [0.4, 0.5) is 0 Å². The summed E-state index contributed by atoms with van der Waals surface area (Å²) in [6.45, 7) is 10.6. The van der Waals surface area contributed by atoms with Gasteiger partial charge in [0, 0.05) is 30.2 Å². The van der Waals surface area contributed by atoms with Gasteiger partial charge in [-0.1, -0.05) is 6.07 Å². The Morgan fingerprint density at radius 1 is 1.32 bits per heavy atom. The Hall–Kier alpha value is -1.55. The van der Waals surface area contributed by atoms with Gasteiger partial charge in [-0.15, -0.1) is 0 Å². The zero-order chi connectivity index (χ0) is 16.3. The summed E-state index contributed by atoms with van der Waals surface area (Å²) >= 11 is 0. The molecule has 1 aromatic carbocycles. The lowest BCUT2D eigenvalue weighted by atomic mass is 9.88. The van der Waals surface area contributed by atoms with E-state index in [0.717, 1.165) is 37.2 Å². The standard InChI is InChI=1S/C18H28N2O2/c1-13(2)20-10-8-18(4,9-11-20)19-17(21)16-12-15(22-5)7-6-14(16)3/h6-7,12-13H,8-11H2,1-5H3,(H,19,21). The summed E-state index contributed by atoms with van der Waals surface area (Å²) in [4.78, 5) is 15.1. The molecule has 4 heteroatoms. The van der Waals surface area contributed by atoms with Crippen molar-refractivity contribution < 1.29 is 9.53 Å². The summed E-state index contributed by atoms with van der Waals surface area (Å²) in [5.74, 6) is 0.715. The molecule has 22 heavy (non-hydrogen) atoms. The van der Waals surface area contributed by atoms with E-state index in [-0.39, 0.29) is 11.4 Å². The molecule has 1 heterocycles. The maximum Gasteiger partial charge on any atom is 0.252 e. The minimum absolute atomic E-state index is 0.00287. The number of ether oxygens (including phenoxy) is 1. The van der Waals surface area contributed by atoms with Crippen molar-refractivity contribution in [2.45, 2.75) is 52.1 Å². The van der Waals surface area contributed by atoms with Crippen molar-refractivity contribution in [1.82, 2.24) is 10.2 Å². The highest BCUT2D eigenvalue weighted by Gasteiger charge is 2.32. The van der Waals surface area contributed by atoms with E-state index in [1.54, 1.807) is 7.11 Å². The van der Waals surface area contributed by atoms with Crippen LogP contribution < -0.4 is 10.1 Å². The molecule has 1 aliphatic heterocycles. The summed E-state index contributed by atoms with van der Waals surface area (Å²) < 4.78 is 5.23. The van der Waals surface area contributed by atoms with Gasteiger partial charge in [0.1, 0.15) is 5.75 Å². The van der Waals surface area contributed by atoms with Crippen LogP contribution in [0.3, 0.4) is 0 Å². The molecule has 0 atom stereocenters. The van der Waals surface area contributed by atoms with E-state index in [9.17, 15) is 4.79 Å². The van der Waals surface area contributed by atoms with Crippen LogP contribution in [0.15, 0.2) is 18.2 Å². The number of amides is 1. The molecule has 0 unspecified atom stereocenters. The molecule has 1 amide bonds.